The number of ether oxygens (including phenoxy) is 1. The van der Waals surface area contributed by atoms with E-state index < -0.39 is 18.8 Å². The van der Waals surface area contributed by atoms with Gasteiger partial charge in [0, 0.05) is 36.1 Å². The number of halogens is 3. The highest BCUT2D eigenvalue weighted by atomic mass is 19.4. The Morgan fingerprint density at radius 2 is 1.87 bits per heavy atom. The fourth-order valence-corrected chi connectivity index (χ4v) is 2.65. The van der Waals surface area contributed by atoms with E-state index >= 15 is 0 Å². The fraction of sp³-hybridized carbons (Fsp3) is 0.300. The van der Waals surface area contributed by atoms with Crippen LogP contribution in [0, 0.1) is 0 Å². The molecule has 8 nitrogen and oxygen atoms in total. The number of aliphatic hydroxyl groups excluding tert-OH is 1. The largest absolute Gasteiger partial charge is 0.491 e. The molecule has 2 heterocycles. The average molecular weight is 434 g/mol. The number of aliphatic hydroxyl groups is 1. The van der Waals surface area contributed by atoms with Crippen LogP contribution in [-0.4, -0.2) is 64.1 Å². The maximum absolute atomic E-state index is 12.7. The molecule has 3 rings (SSSR count). The lowest BCUT2D eigenvalue weighted by molar-refractivity contribution is -0.115. The number of rotatable bonds is 9. The van der Waals surface area contributed by atoms with Gasteiger partial charge in [-0.3, -0.25) is 0 Å². The zero-order valence-corrected chi connectivity index (χ0v) is 16.6. The van der Waals surface area contributed by atoms with Crippen molar-refractivity contribution in [1.29, 1.82) is 0 Å². The molecule has 11 heteroatoms. The quantitative estimate of drug-likeness (QED) is 0.472. The van der Waals surface area contributed by atoms with Crippen LogP contribution in [0.3, 0.4) is 0 Å². The summed E-state index contributed by atoms with van der Waals surface area (Å²) in [5, 5.41) is 14.9. The first kappa shape index (κ1) is 22.4. The van der Waals surface area contributed by atoms with Crippen LogP contribution >= 0.6 is 0 Å². The van der Waals surface area contributed by atoms with E-state index in [0.29, 0.717) is 29.1 Å². The standard InChI is InChI=1S/C20H21F3N6O2/c1-24-9-15(30)10-31-16-4-2-3-13(5-16)19-28-17(14-7-25-12-26-8-14)6-18(29-19)27-11-20(21,22)23/h2-8,12,15,24,30H,9-11H2,1H3,(H,27,28,29). The van der Waals surface area contributed by atoms with Gasteiger partial charge in [-0.1, -0.05) is 12.1 Å². The highest BCUT2D eigenvalue weighted by molar-refractivity contribution is 5.67. The molecule has 1 atom stereocenters. The molecule has 0 bridgehead atoms. The molecule has 0 saturated heterocycles. The predicted octanol–water partition coefficient (Wildman–Crippen LogP) is 2.53. The topological polar surface area (TPSA) is 105 Å². The number of aromatic nitrogens is 4. The van der Waals surface area contributed by atoms with Gasteiger partial charge in [0.25, 0.3) is 0 Å². The fourth-order valence-electron chi connectivity index (χ4n) is 2.65. The SMILES string of the molecule is CNCC(O)COc1cccc(-c2nc(NCC(F)(F)F)cc(-c3cncnc3)n2)c1. The average Bonchev–Trinajstić information content (AvgIpc) is 2.77. The summed E-state index contributed by atoms with van der Waals surface area (Å²) in [7, 11) is 1.72. The summed E-state index contributed by atoms with van der Waals surface area (Å²) in [6.07, 6.45) is -0.727. The second-order valence-corrected chi connectivity index (χ2v) is 6.61. The third kappa shape index (κ3) is 6.86. The van der Waals surface area contributed by atoms with Crippen LogP contribution in [0.4, 0.5) is 19.0 Å². The molecule has 1 unspecified atom stereocenters. The first-order valence-electron chi connectivity index (χ1n) is 9.35. The van der Waals surface area contributed by atoms with Gasteiger partial charge in [-0.15, -0.1) is 0 Å². The lowest BCUT2D eigenvalue weighted by Crippen LogP contribution is -2.29. The molecule has 2 aromatic heterocycles. The molecular weight excluding hydrogens is 413 g/mol. The first-order valence-corrected chi connectivity index (χ1v) is 9.35. The van der Waals surface area contributed by atoms with Gasteiger partial charge in [0.15, 0.2) is 5.82 Å². The van der Waals surface area contributed by atoms with Gasteiger partial charge in [0.2, 0.25) is 0 Å². The smallest absolute Gasteiger partial charge is 0.405 e. The van der Waals surface area contributed by atoms with E-state index in [1.165, 1.54) is 24.8 Å². The molecule has 0 fully saturated rings. The Labute approximate surface area is 176 Å². The van der Waals surface area contributed by atoms with E-state index in [0.717, 1.165) is 0 Å². The molecule has 3 aromatic rings. The molecule has 0 aliphatic heterocycles. The number of anilines is 1. The minimum absolute atomic E-state index is 0.0111. The number of nitrogens with one attached hydrogen (secondary N) is 2. The van der Waals surface area contributed by atoms with Crippen molar-refractivity contribution in [2.24, 2.45) is 0 Å². The second-order valence-electron chi connectivity index (χ2n) is 6.61. The van der Waals surface area contributed by atoms with Crippen molar-refractivity contribution in [2.45, 2.75) is 12.3 Å². The van der Waals surface area contributed by atoms with Crippen LogP contribution in [-0.2, 0) is 0 Å². The molecular formula is C20H21F3N6O2. The van der Waals surface area contributed by atoms with Crippen LogP contribution < -0.4 is 15.4 Å². The molecule has 0 aliphatic rings. The molecule has 0 saturated carbocycles. The highest BCUT2D eigenvalue weighted by Gasteiger charge is 2.27. The molecule has 164 valence electrons. The van der Waals surface area contributed by atoms with Gasteiger partial charge in [-0.2, -0.15) is 13.2 Å². The van der Waals surface area contributed by atoms with E-state index in [4.69, 9.17) is 4.74 Å². The summed E-state index contributed by atoms with van der Waals surface area (Å²) in [6.45, 7) is -0.788. The summed E-state index contributed by atoms with van der Waals surface area (Å²) in [5.74, 6) is 0.679. The van der Waals surface area contributed by atoms with Gasteiger partial charge in [0.1, 0.15) is 37.2 Å². The van der Waals surface area contributed by atoms with Crippen molar-refractivity contribution < 1.29 is 23.0 Å². The van der Waals surface area contributed by atoms with Crippen molar-refractivity contribution in [3.63, 3.8) is 0 Å². The molecule has 0 amide bonds. The van der Waals surface area contributed by atoms with Gasteiger partial charge >= 0.3 is 6.18 Å². The highest BCUT2D eigenvalue weighted by Crippen LogP contribution is 2.27. The van der Waals surface area contributed by atoms with Crippen LogP contribution in [0.25, 0.3) is 22.6 Å². The monoisotopic (exact) mass is 434 g/mol. The van der Waals surface area contributed by atoms with Crippen molar-refractivity contribution in [3.8, 4) is 28.4 Å². The number of hydrogen-bond acceptors (Lipinski definition) is 8. The summed E-state index contributed by atoms with van der Waals surface area (Å²) in [5.41, 5.74) is 1.43. The van der Waals surface area contributed by atoms with Crippen LogP contribution in [0.2, 0.25) is 0 Å². The zero-order chi connectivity index (χ0) is 22.3. The Morgan fingerprint density at radius 1 is 1.10 bits per heavy atom. The van der Waals surface area contributed by atoms with Crippen molar-refractivity contribution in [2.75, 3.05) is 32.1 Å². The van der Waals surface area contributed by atoms with Gasteiger partial charge in [-0.25, -0.2) is 19.9 Å². The third-order valence-electron chi connectivity index (χ3n) is 4.03. The van der Waals surface area contributed by atoms with Crippen LogP contribution in [0.15, 0.2) is 49.1 Å². The third-order valence-corrected chi connectivity index (χ3v) is 4.03. The lowest BCUT2D eigenvalue weighted by atomic mass is 10.1. The maximum Gasteiger partial charge on any atom is 0.405 e. The Kier molecular flexibility index (Phi) is 7.32. The van der Waals surface area contributed by atoms with E-state index in [9.17, 15) is 18.3 Å². The Morgan fingerprint density at radius 3 is 2.58 bits per heavy atom. The van der Waals surface area contributed by atoms with Crippen molar-refractivity contribution in [1.82, 2.24) is 25.3 Å². The van der Waals surface area contributed by atoms with Gasteiger partial charge in [-0.05, 0) is 19.2 Å². The Balaban J connectivity index is 1.91. The van der Waals surface area contributed by atoms with Gasteiger partial charge in [0.05, 0.1) is 5.69 Å². The second kappa shape index (κ2) is 10.1. The molecule has 3 N–H and O–H groups in total. The summed E-state index contributed by atoms with van der Waals surface area (Å²) < 4.78 is 43.6. The van der Waals surface area contributed by atoms with E-state index in [-0.39, 0.29) is 18.2 Å². The first-order chi connectivity index (χ1) is 14.8. The minimum atomic E-state index is -4.40. The molecule has 0 aliphatic carbocycles. The maximum atomic E-state index is 12.7. The van der Waals surface area contributed by atoms with Crippen molar-refractivity contribution >= 4 is 5.82 Å². The van der Waals surface area contributed by atoms with Crippen LogP contribution in [0.1, 0.15) is 0 Å². The predicted molar refractivity (Wildman–Crippen MR) is 108 cm³/mol. The number of nitrogens with zero attached hydrogens (tertiary/aromatic N) is 4. The Bertz CT molecular complexity index is 988. The summed E-state index contributed by atoms with van der Waals surface area (Å²) in [6, 6.07) is 8.18. The number of hydrogen-bond donors (Lipinski definition) is 3. The number of benzene rings is 1. The molecule has 31 heavy (non-hydrogen) atoms. The summed E-state index contributed by atoms with van der Waals surface area (Å²) >= 11 is 0. The summed E-state index contributed by atoms with van der Waals surface area (Å²) in [4.78, 5) is 16.5. The Hall–Kier alpha value is -3.31. The molecule has 0 radical (unpaired) electrons. The van der Waals surface area contributed by atoms with E-state index in [2.05, 4.69) is 30.6 Å². The van der Waals surface area contributed by atoms with E-state index in [1.807, 2.05) is 0 Å². The minimum Gasteiger partial charge on any atom is -0.491 e. The molecule has 1 aromatic carbocycles. The van der Waals surface area contributed by atoms with Gasteiger partial charge < -0.3 is 20.5 Å². The van der Waals surface area contributed by atoms with E-state index in [1.54, 1.807) is 31.3 Å². The number of likely N-dealkylation sites (N-methyl/N-ethyl adjacent to an activating group) is 1. The van der Waals surface area contributed by atoms with Crippen molar-refractivity contribution in [3.05, 3.63) is 49.1 Å². The normalized spacial score (nSPS) is 12.4. The molecule has 0 spiro atoms. The van der Waals surface area contributed by atoms with Crippen LogP contribution in [0.5, 0.6) is 5.75 Å². The lowest BCUT2D eigenvalue weighted by Gasteiger charge is -2.14. The zero-order valence-electron chi connectivity index (χ0n) is 16.6. The number of alkyl halides is 3.